The second-order valence-electron chi connectivity index (χ2n) is 2.17. The topological polar surface area (TPSA) is 67.4 Å². The lowest BCUT2D eigenvalue weighted by atomic mass is 10.5. The minimum absolute atomic E-state index is 0.130. The number of nitrogens with one attached hydrogen (secondary N) is 2. The lowest BCUT2D eigenvalue weighted by Gasteiger charge is -2.07. The summed E-state index contributed by atoms with van der Waals surface area (Å²) in [6.45, 7) is -0.443. The summed E-state index contributed by atoms with van der Waals surface area (Å²) in [6, 6.07) is 0. The molecule has 0 heterocycles. The van der Waals surface area contributed by atoms with Crippen LogP contribution in [0.3, 0.4) is 0 Å². The highest BCUT2D eigenvalue weighted by atomic mass is 19.4. The van der Waals surface area contributed by atoms with Gasteiger partial charge >= 0.3 is 18.2 Å². The highest BCUT2D eigenvalue weighted by molar-refractivity contribution is 5.81. The van der Waals surface area contributed by atoms with Gasteiger partial charge in [-0.25, -0.2) is 4.79 Å². The molecule has 0 aliphatic carbocycles. The average Bonchev–Trinajstić information content (AvgIpc) is 2.09. The number of carbonyl (C=O) groups is 2. The van der Waals surface area contributed by atoms with Crippen LogP contribution in [0, 0.1) is 0 Å². The Labute approximate surface area is 77.6 Å². The number of rotatable bonds is 3. The first-order chi connectivity index (χ1) is 6.38. The summed E-state index contributed by atoms with van der Waals surface area (Å²) in [5, 5.41) is 3.66. The van der Waals surface area contributed by atoms with Gasteiger partial charge in [0.1, 0.15) is 0 Å². The lowest BCUT2D eigenvalue weighted by molar-refractivity contribution is -0.173. The monoisotopic (exact) mass is 214 g/mol. The van der Waals surface area contributed by atoms with E-state index in [1.165, 1.54) is 0 Å². The fraction of sp³-hybridized carbons (Fsp3) is 0.667. The molecule has 0 atom stereocenters. The molecule has 0 saturated carbocycles. The maximum Gasteiger partial charge on any atom is 0.471 e. The molecule has 2 N–H and O–H groups in total. The zero-order valence-corrected chi connectivity index (χ0v) is 7.27. The molecular weight excluding hydrogens is 205 g/mol. The summed E-state index contributed by atoms with van der Waals surface area (Å²) in [6.07, 6.45) is -5.67. The third-order valence-electron chi connectivity index (χ3n) is 1.12. The summed E-state index contributed by atoms with van der Waals surface area (Å²) in [5.74, 6) is -2.04. The largest absolute Gasteiger partial charge is 0.471 e. The quantitative estimate of drug-likeness (QED) is 0.651. The summed E-state index contributed by atoms with van der Waals surface area (Å²) in [4.78, 5) is 20.6. The van der Waals surface area contributed by atoms with Gasteiger partial charge in [0.2, 0.25) is 0 Å². The number of alkyl carbamates (subject to hydrolysis) is 1. The molecule has 5 nitrogen and oxygen atoms in total. The number of amides is 2. The highest BCUT2D eigenvalue weighted by Crippen LogP contribution is 2.13. The van der Waals surface area contributed by atoms with Crippen LogP contribution >= 0.6 is 0 Å². The molecule has 0 radical (unpaired) electrons. The zero-order chi connectivity index (χ0) is 11.2. The standard InChI is InChI=1S/C6H9F3N2O3/c1-14-5(13)11-3-2-10-4(12)6(7,8)9/h2-3H2,1H3,(H,10,12)(H,11,13). The molecule has 0 spiro atoms. The van der Waals surface area contributed by atoms with Crippen molar-refractivity contribution in [1.82, 2.24) is 10.6 Å². The summed E-state index contributed by atoms with van der Waals surface area (Å²) >= 11 is 0. The number of alkyl halides is 3. The van der Waals surface area contributed by atoms with Crippen molar-refractivity contribution in [3.05, 3.63) is 0 Å². The summed E-state index contributed by atoms with van der Waals surface area (Å²) in [5.41, 5.74) is 0. The molecule has 0 rings (SSSR count). The molecule has 0 aliphatic heterocycles. The highest BCUT2D eigenvalue weighted by Gasteiger charge is 2.38. The Hall–Kier alpha value is -1.47. The van der Waals surface area contributed by atoms with E-state index in [1.54, 1.807) is 5.32 Å². The van der Waals surface area contributed by atoms with Crippen molar-refractivity contribution in [3.8, 4) is 0 Å². The fourth-order valence-electron chi connectivity index (χ4n) is 0.513. The smallest absolute Gasteiger partial charge is 0.453 e. The van der Waals surface area contributed by atoms with Crippen molar-refractivity contribution >= 4 is 12.0 Å². The van der Waals surface area contributed by atoms with Crippen molar-refractivity contribution in [2.75, 3.05) is 20.2 Å². The van der Waals surface area contributed by atoms with E-state index in [2.05, 4.69) is 10.1 Å². The molecule has 0 fully saturated rings. The van der Waals surface area contributed by atoms with Gasteiger partial charge in [0.05, 0.1) is 7.11 Å². The van der Waals surface area contributed by atoms with Gasteiger partial charge in [-0.3, -0.25) is 4.79 Å². The average molecular weight is 214 g/mol. The summed E-state index contributed by atoms with van der Waals surface area (Å²) < 4.78 is 38.9. The van der Waals surface area contributed by atoms with E-state index in [1.807, 2.05) is 0 Å². The first-order valence-electron chi connectivity index (χ1n) is 3.54. The maximum atomic E-state index is 11.6. The fourth-order valence-corrected chi connectivity index (χ4v) is 0.513. The Morgan fingerprint density at radius 1 is 1.21 bits per heavy atom. The molecule has 0 aliphatic rings. The predicted molar refractivity (Wildman–Crippen MR) is 39.5 cm³/mol. The van der Waals surface area contributed by atoms with Crippen LogP contribution < -0.4 is 10.6 Å². The second kappa shape index (κ2) is 5.30. The van der Waals surface area contributed by atoms with Crippen LogP contribution in [0.2, 0.25) is 0 Å². The number of methoxy groups -OCH3 is 1. The lowest BCUT2D eigenvalue weighted by Crippen LogP contribution is -2.41. The molecule has 0 saturated heterocycles. The molecule has 0 aromatic carbocycles. The van der Waals surface area contributed by atoms with E-state index in [0.717, 1.165) is 7.11 Å². The Morgan fingerprint density at radius 2 is 1.71 bits per heavy atom. The Morgan fingerprint density at radius 3 is 2.14 bits per heavy atom. The van der Waals surface area contributed by atoms with Crippen molar-refractivity contribution in [1.29, 1.82) is 0 Å². The normalized spacial score (nSPS) is 10.6. The summed E-state index contributed by atoms with van der Waals surface area (Å²) in [7, 11) is 1.11. The molecule has 14 heavy (non-hydrogen) atoms. The number of ether oxygens (including phenoxy) is 1. The van der Waals surface area contributed by atoms with E-state index in [0.29, 0.717) is 0 Å². The van der Waals surface area contributed by atoms with E-state index in [4.69, 9.17) is 0 Å². The Balaban J connectivity index is 3.56. The van der Waals surface area contributed by atoms with Crippen molar-refractivity contribution < 1.29 is 27.5 Å². The van der Waals surface area contributed by atoms with Gasteiger partial charge in [0.15, 0.2) is 0 Å². The molecular formula is C6H9F3N2O3. The third kappa shape index (κ3) is 5.22. The van der Waals surface area contributed by atoms with Gasteiger partial charge in [-0.2, -0.15) is 13.2 Å². The first-order valence-corrected chi connectivity index (χ1v) is 3.54. The van der Waals surface area contributed by atoms with Gasteiger partial charge in [-0.05, 0) is 0 Å². The van der Waals surface area contributed by atoms with Crippen LogP contribution in [-0.2, 0) is 9.53 Å². The molecule has 82 valence electrons. The van der Waals surface area contributed by atoms with Gasteiger partial charge in [0.25, 0.3) is 0 Å². The van der Waals surface area contributed by atoms with Crippen molar-refractivity contribution in [2.45, 2.75) is 6.18 Å². The SMILES string of the molecule is COC(=O)NCCNC(=O)C(F)(F)F. The predicted octanol–water partition coefficient (Wildman–Crippen LogP) is 0.0209. The van der Waals surface area contributed by atoms with Crippen LogP contribution in [0.4, 0.5) is 18.0 Å². The number of halogens is 3. The van der Waals surface area contributed by atoms with Crippen LogP contribution in [0.5, 0.6) is 0 Å². The van der Waals surface area contributed by atoms with Gasteiger partial charge in [0, 0.05) is 13.1 Å². The van der Waals surface area contributed by atoms with E-state index in [-0.39, 0.29) is 13.1 Å². The van der Waals surface area contributed by atoms with E-state index in [9.17, 15) is 22.8 Å². The van der Waals surface area contributed by atoms with Crippen molar-refractivity contribution in [2.24, 2.45) is 0 Å². The Bertz CT molecular complexity index is 217. The molecule has 0 bridgehead atoms. The number of hydrogen-bond acceptors (Lipinski definition) is 3. The first kappa shape index (κ1) is 12.5. The van der Waals surface area contributed by atoms with Gasteiger partial charge in [-0.15, -0.1) is 0 Å². The zero-order valence-electron chi connectivity index (χ0n) is 7.27. The minimum atomic E-state index is -4.90. The second-order valence-corrected chi connectivity index (χ2v) is 2.17. The number of carbonyl (C=O) groups excluding carboxylic acids is 2. The molecule has 0 aromatic rings. The Kier molecular flexibility index (Phi) is 4.74. The van der Waals surface area contributed by atoms with Crippen LogP contribution in [0.1, 0.15) is 0 Å². The number of hydrogen-bond donors (Lipinski definition) is 2. The van der Waals surface area contributed by atoms with E-state index >= 15 is 0 Å². The van der Waals surface area contributed by atoms with E-state index < -0.39 is 18.2 Å². The minimum Gasteiger partial charge on any atom is -0.453 e. The van der Waals surface area contributed by atoms with Crippen molar-refractivity contribution in [3.63, 3.8) is 0 Å². The molecule has 2 amide bonds. The third-order valence-corrected chi connectivity index (χ3v) is 1.12. The molecule has 0 unspecified atom stereocenters. The van der Waals surface area contributed by atoms with Gasteiger partial charge in [-0.1, -0.05) is 0 Å². The molecule has 0 aromatic heterocycles. The molecule has 8 heteroatoms. The maximum absolute atomic E-state index is 11.6. The van der Waals surface area contributed by atoms with Crippen LogP contribution in [-0.4, -0.2) is 38.4 Å². The van der Waals surface area contributed by atoms with Gasteiger partial charge < -0.3 is 15.4 Å². The van der Waals surface area contributed by atoms with Crippen LogP contribution in [0.25, 0.3) is 0 Å². The van der Waals surface area contributed by atoms with Crippen LogP contribution in [0.15, 0.2) is 0 Å².